The lowest BCUT2D eigenvalue weighted by Crippen LogP contribution is -2.19. The first-order valence-corrected chi connectivity index (χ1v) is 9.18. The fourth-order valence-corrected chi connectivity index (χ4v) is 3.07. The van der Waals surface area contributed by atoms with Crippen molar-refractivity contribution in [2.75, 3.05) is 48.6 Å². The van der Waals surface area contributed by atoms with Crippen LogP contribution in [0, 0.1) is 0 Å². The third-order valence-corrected chi connectivity index (χ3v) is 4.52. The van der Waals surface area contributed by atoms with E-state index in [0.29, 0.717) is 39.8 Å². The predicted octanol–water partition coefficient (Wildman–Crippen LogP) is 2.35. The molecule has 0 aliphatic carbocycles. The lowest BCUT2D eigenvalue weighted by molar-refractivity contribution is 0.00338. The van der Waals surface area contributed by atoms with Gasteiger partial charge in [-0.15, -0.1) is 0 Å². The van der Waals surface area contributed by atoms with Gasteiger partial charge in [-0.2, -0.15) is 0 Å². The molecular weight excluding hydrogens is 400 g/mol. The third-order valence-electron chi connectivity index (χ3n) is 4.52. The van der Waals surface area contributed by atoms with Crippen molar-refractivity contribution in [3.63, 3.8) is 0 Å². The van der Waals surface area contributed by atoms with Crippen LogP contribution in [0.1, 0.15) is 11.9 Å². The maximum atomic E-state index is 6.21. The molecular formula is C21H26N6O4. The Morgan fingerprint density at radius 3 is 1.52 bits per heavy atom. The van der Waals surface area contributed by atoms with E-state index in [1.165, 1.54) is 14.2 Å². The standard InChI is InChI=1S/C21H26N6O4/c1-28-19-12(9-15(26)20(29-2)18(19)27)21(30-16-5-3-10(22)7-13(16)24)31-17-6-4-11(23)8-14(17)25/h3-9,21H,22-27H2,1-2H3. The Bertz CT molecular complexity index is 1050. The van der Waals surface area contributed by atoms with Crippen LogP contribution in [0.15, 0.2) is 42.5 Å². The van der Waals surface area contributed by atoms with Crippen molar-refractivity contribution in [3.8, 4) is 23.0 Å². The quantitative estimate of drug-likeness (QED) is 0.241. The predicted molar refractivity (Wildman–Crippen MR) is 123 cm³/mol. The van der Waals surface area contributed by atoms with Crippen LogP contribution in [0.3, 0.4) is 0 Å². The molecule has 0 unspecified atom stereocenters. The van der Waals surface area contributed by atoms with Gasteiger partial charge in [-0.3, -0.25) is 0 Å². The maximum absolute atomic E-state index is 6.21. The molecule has 0 aliphatic heterocycles. The summed E-state index contributed by atoms with van der Waals surface area (Å²) in [5.41, 5.74) is 38.5. The zero-order valence-electron chi connectivity index (χ0n) is 17.2. The Morgan fingerprint density at radius 2 is 1.10 bits per heavy atom. The molecule has 0 aromatic heterocycles. The number of benzene rings is 3. The monoisotopic (exact) mass is 426 g/mol. The number of nitrogen functional groups attached to an aromatic ring is 6. The molecule has 10 heteroatoms. The van der Waals surface area contributed by atoms with Crippen LogP contribution in [0.5, 0.6) is 23.0 Å². The molecule has 0 heterocycles. The average Bonchev–Trinajstić information content (AvgIpc) is 2.71. The van der Waals surface area contributed by atoms with E-state index in [0.717, 1.165) is 0 Å². The molecule has 0 fully saturated rings. The van der Waals surface area contributed by atoms with Crippen LogP contribution in [0.2, 0.25) is 0 Å². The first-order valence-electron chi connectivity index (χ1n) is 9.18. The van der Waals surface area contributed by atoms with E-state index >= 15 is 0 Å². The van der Waals surface area contributed by atoms with Crippen LogP contribution in [-0.2, 0) is 0 Å². The summed E-state index contributed by atoms with van der Waals surface area (Å²) in [7, 11) is 2.91. The molecule has 0 atom stereocenters. The fourth-order valence-electron chi connectivity index (χ4n) is 3.07. The minimum absolute atomic E-state index is 0.188. The van der Waals surface area contributed by atoms with E-state index in [-0.39, 0.29) is 22.9 Å². The number of hydrogen-bond donors (Lipinski definition) is 6. The first-order chi connectivity index (χ1) is 14.7. The summed E-state index contributed by atoms with van der Waals surface area (Å²) >= 11 is 0. The lowest BCUT2D eigenvalue weighted by atomic mass is 10.1. The van der Waals surface area contributed by atoms with E-state index in [1.54, 1.807) is 42.5 Å². The fraction of sp³-hybridized carbons (Fsp3) is 0.143. The molecule has 12 N–H and O–H groups in total. The molecule has 0 spiro atoms. The molecule has 0 amide bonds. The molecule has 10 nitrogen and oxygen atoms in total. The van der Waals surface area contributed by atoms with E-state index < -0.39 is 6.29 Å². The van der Waals surface area contributed by atoms with Crippen molar-refractivity contribution in [3.05, 3.63) is 48.0 Å². The summed E-state index contributed by atoms with van der Waals surface area (Å²) in [6.07, 6.45) is -1.10. The van der Waals surface area contributed by atoms with Crippen LogP contribution in [0.4, 0.5) is 34.1 Å². The van der Waals surface area contributed by atoms with Gasteiger partial charge in [0, 0.05) is 11.4 Å². The summed E-state index contributed by atoms with van der Waals surface area (Å²) < 4.78 is 22.9. The Balaban J connectivity index is 2.13. The number of nitrogens with two attached hydrogens (primary N) is 6. The smallest absolute Gasteiger partial charge is 0.271 e. The van der Waals surface area contributed by atoms with Gasteiger partial charge in [0.1, 0.15) is 17.2 Å². The second-order valence-corrected chi connectivity index (χ2v) is 6.70. The van der Waals surface area contributed by atoms with Gasteiger partial charge in [0.15, 0.2) is 11.5 Å². The summed E-state index contributed by atoms with van der Waals surface area (Å²) in [5, 5.41) is 0. The van der Waals surface area contributed by atoms with E-state index in [4.69, 9.17) is 53.3 Å². The highest BCUT2D eigenvalue weighted by molar-refractivity contribution is 5.76. The minimum atomic E-state index is -1.10. The Labute approximate surface area is 179 Å². The molecule has 3 aromatic carbocycles. The molecule has 164 valence electrons. The van der Waals surface area contributed by atoms with Crippen molar-refractivity contribution in [2.24, 2.45) is 0 Å². The van der Waals surface area contributed by atoms with Crippen LogP contribution >= 0.6 is 0 Å². The highest BCUT2D eigenvalue weighted by Gasteiger charge is 2.27. The van der Waals surface area contributed by atoms with Gasteiger partial charge < -0.3 is 53.3 Å². The Hall–Kier alpha value is -4.34. The molecule has 0 saturated heterocycles. The van der Waals surface area contributed by atoms with Crippen molar-refractivity contribution in [1.82, 2.24) is 0 Å². The molecule has 0 bridgehead atoms. The highest BCUT2D eigenvalue weighted by atomic mass is 16.7. The number of anilines is 6. The summed E-state index contributed by atoms with van der Waals surface area (Å²) in [6.45, 7) is 0. The van der Waals surface area contributed by atoms with Crippen LogP contribution in [0.25, 0.3) is 0 Å². The second-order valence-electron chi connectivity index (χ2n) is 6.70. The summed E-state index contributed by atoms with van der Waals surface area (Å²) in [4.78, 5) is 0. The zero-order valence-corrected chi connectivity index (χ0v) is 17.2. The van der Waals surface area contributed by atoms with Crippen LogP contribution < -0.4 is 53.3 Å². The normalized spacial score (nSPS) is 10.7. The molecule has 0 radical (unpaired) electrons. The Morgan fingerprint density at radius 1 is 0.613 bits per heavy atom. The number of rotatable bonds is 7. The van der Waals surface area contributed by atoms with Crippen molar-refractivity contribution in [1.29, 1.82) is 0 Å². The van der Waals surface area contributed by atoms with Gasteiger partial charge >= 0.3 is 0 Å². The van der Waals surface area contributed by atoms with Gasteiger partial charge in [0.2, 0.25) is 0 Å². The summed E-state index contributed by atoms with van der Waals surface area (Å²) in [6, 6.07) is 11.3. The number of hydrogen-bond acceptors (Lipinski definition) is 10. The molecule has 0 saturated carbocycles. The third kappa shape index (κ3) is 4.32. The van der Waals surface area contributed by atoms with Crippen molar-refractivity contribution >= 4 is 34.1 Å². The average molecular weight is 426 g/mol. The minimum Gasteiger partial charge on any atom is -0.494 e. The first kappa shape index (κ1) is 21.4. The van der Waals surface area contributed by atoms with Gasteiger partial charge in [-0.1, -0.05) is 0 Å². The van der Waals surface area contributed by atoms with Crippen LogP contribution in [-0.4, -0.2) is 14.2 Å². The largest absolute Gasteiger partial charge is 0.494 e. The van der Waals surface area contributed by atoms with E-state index in [2.05, 4.69) is 0 Å². The van der Waals surface area contributed by atoms with Gasteiger partial charge in [0.05, 0.1) is 36.8 Å². The van der Waals surface area contributed by atoms with Gasteiger partial charge in [-0.05, 0) is 42.5 Å². The van der Waals surface area contributed by atoms with E-state index in [1.807, 2.05) is 0 Å². The zero-order chi connectivity index (χ0) is 22.7. The van der Waals surface area contributed by atoms with Crippen molar-refractivity contribution in [2.45, 2.75) is 6.29 Å². The Kier molecular flexibility index (Phi) is 5.91. The molecule has 31 heavy (non-hydrogen) atoms. The number of methoxy groups -OCH3 is 2. The molecule has 3 rings (SSSR count). The lowest BCUT2D eigenvalue weighted by Gasteiger charge is -2.25. The van der Waals surface area contributed by atoms with E-state index in [9.17, 15) is 0 Å². The SMILES string of the molecule is COc1c(N)cc(C(Oc2ccc(N)cc2N)Oc2ccc(N)cc2N)c(OC)c1N. The topological polar surface area (TPSA) is 193 Å². The van der Waals surface area contributed by atoms with Gasteiger partial charge in [-0.25, -0.2) is 0 Å². The second kappa shape index (κ2) is 8.57. The maximum Gasteiger partial charge on any atom is 0.271 e. The van der Waals surface area contributed by atoms with Crippen molar-refractivity contribution < 1.29 is 18.9 Å². The highest BCUT2D eigenvalue weighted by Crippen LogP contribution is 2.44. The van der Waals surface area contributed by atoms with Gasteiger partial charge in [0.25, 0.3) is 6.29 Å². The summed E-state index contributed by atoms with van der Waals surface area (Å²) in [5.74, 6) is 1.18. The molecule has 0 aliphatic rings. The number of ether oxygens (including phenoxy) is 4. The molecule has 3 aromatic rings.